The predicted octanol–water partition coefficient (Wildman–Crippen LogP) is 4.29. The lowest BCUT2D eigenvalue weighted by atomic mass is 9.81. The number of imide groups is 1. The first-order chi connectivity index (χ1) is 17.6. The summed E-state index contributed by atoms with van der Waals surface area (Å²) in [4.78, 5) is 38.8. The number of hydrogen-bond acceptors (Lipinski definition) is 5. The highest BCUT2D eigenvalue weighted by Gasteiger charge is 2.59. The number of fused-ring (bicyclic) bond motifs is 3. The molecular formula is C28H27N5O3. The highest BCUT2D eigenvalue weighted by atomic mass is 16.5. The number of benzene rings is 2. The lowest BCUT2D eigenvalue weighted by Crippen LogP contribution is -2.50. The van der Waals surface area contributed by atoms with E-state index < -0.39 is 5.54 Å². The number of nitrogens with zero attached hydrogens (tertiary/aromatic N) is 3. The number of carbonyl (C=O) groups excluding carboxylic acids is 2. The summed E-state index contributed by atoms with van der Waals surface area (Å²) < 4.78 is 5.41. The Morgan fingerprint density at radius 1 is 1.11 bits per heavy atom. The first-order valence-corrected chi connectivity index (χ1v) is 12.1. The van der Waals surface area contributed by atoms with Gasteiger partial charge < -0.3 is 19.9 Å². The van der Waals surface area contributed by atoms with E-state index in [4.69, 9.17) is 4.74 Å². The Morgan fingerprint density at radius 3 is 2.83 bits per heavy atom. The van der Waals surface area contributed by atoms with Crippen molar-refractivity contribution in [3.63, 3.8) is 0 Å². The number of methoxy groups -OCH3 is 1. The first-order valence-electron chi connectivity index (χ1n) is 12.1. The number of ether oxygens (including phenoxy) is 1. The standard InChI is InChI=1S/C28H27N5O3/c1-36-21-8-9-23-25(15-21)30-13-11-28(23)26(34)32(27(35)33(28)18-19-5-4-12-29-16-19)14-10-20-17-31-24-7-3-2-6-22(20)24/h2-9,12,15-17,30-31H,10-11,13-14,18H2,1H3. The molecule has 3 amide bonds. The van der Waals surface area contributed by atoms with E-state index in [1.165, 1.54) is 4.90 Å². The number of carbonyl (C=O) groups is 2. The Hall–Kier alpha value is -4.33. The molecule has 4 heterocycles. The largest absolute Gasteiger partial charge is 0.497 e. The Morgan fingerprint density at radius 2 is 2.00 bits per heavy atom. The number of hydrogen-bond donors (Lipinski definition) is 2. The van der Waals surface area contributed by atoms with Crippen molar-refractivity contribution in [3.05, 3.63) is 89.9 Å². The topological polar surface area (TPSA) is 90.6 Å². The molecule has 8 heteroatoms. The molecule has 0 radical (unpaired) electrons. The molecule has 36 heavy (non-hydrogen) atoms. The van der Waals surface area contributed by atoms with Crippen LogP contribution < -0.4 is 10.1 Å². The van der Waals surface area contributed by atoms with Gasteiger partial charge in [0, 0.05) is 66.3 Å². The lowest BCUT2D eigenvalue weighted by molar-refractivity contribution is -0.134. The summed E-state index contributed by atoms with van der Waals surface area (Å²) >= 11 is 0. The van der Waals surface area contributed by atoms with Crippen molar-refractivity contribution in [2.24, 2.45) is 0 Å². The predicted molar refractivity (Wildman–Crippen MR) is 137 cm³/mol. The van der Waals surface area contributed by atoms with E-state index in [9.17, 15) is 9.59 Å². The van der Waals surface area contributed by atoms with E-state index >= 15 is 0 Å². The minimum absolute atomic E-state index is 0.177. The molecule has 0 aliphatic carbocycles. The zero-order chi connectivity index (χ0) is 24.7. The van der Waals surface area contributed by atoms with Gasteiger partial charge in [0.05, 0.1) is 13.7 Å². The van der Waals surface area contributed by atoms with Gasteiger partial charge >= 0.3 is 6.03 Å². The Balaban J connectivity index is 1.39. The molecule has 2 aromatic carbocycles. The van der Waals surface area contributed by atoms with E-state index in [1.807, 2.05) is 54.7 Å². The smallest absolute Gasteiger partial charge is 0.328 e. The van der Waals surface area contributed by atoms with Crippen molar-refractivity contribution in [3.8, 4) is 5.75 Å². The molecular weight excluding hydrogens is 454 g/mol. The molecule has 2 aromatic heterocycles. The van der Waals surface area contributed by atoms with E-state index in [1.54, 1.807) is 24.4 Å². The van der Waals surface area contributed by atoms with E-state index in [-0.39, 0.29) is 11.9 Å². The van der Waals surface area contributed by atoms with Gasteiger partial charge in [0.25, 0.3) is 5.91 Å². The summed E-state index contributed by atoms with van der Waals surface area (Å²) in [6.07, 6.45) is 6.48. The number of pyridine rings is 1. The monoisotopic (exact) mass is 481 g/mol. The number of aromatic amines is 1. The molecule has 2 aliphatic rings. The van der Waals surface area contributed by atoms with Crippen LogP contribution >= 0.6 is 0 Å². The van der Waals surface area contributed by atoms with Crippen LogP contribution in [0, 0.1) is 0 Å². The molecule has 182 valence electrons. The second kappa shape index (κ2) is 8.71. The van der Waals surface area contributed by atoms with E-state index in [0.29, 0.717) is 38.2 Å². The van der Waals surface area contributed by atoms with Gasteiger partial charge in [-0.25, -0.2) is 4.79 Å². The number of H-pyrrole nitrogens is 1. The summed E-state index contributed by atoms with van der Waals surface area (Å²) in [7, 11) is 1.62. The molecule has 0 bridgehead atoms. The van der Waals surface area contributed by atoms with Crippen molar-refractivity contribution in [1.82, 2.24) is 19.8 Å². The molecule has 2 N–H and O–H groups in total. The lowest BCUT2D eigenvalue weighted by Gasteiger charge is -2.40. The van der Waals surface area contributed by atoms with Crippen molar-refractivity contribution < 1.29 is 14.3 Å². The third kappa shape index (κ3) is 3.40. The maximum atomic E-state index is 14.2. The average molecular weight is 482 g/mol. The van der Waals surface area contributed by atoms with Gasteiger partial charge in [0.2, 0.25) is 0 Å². The highest BCUT2D eigenvalue weighted by molar-refractivity contribution is 6.08. The molecule has 1 fully saturated rings. The van der Waals surface area contributed by atoms with Gasteiger partial charge in [0.1, 0.15) is 5.75 Å². The van der Waals surface area contributed by atoms with Crippen LogP contribution in [-0.2, 0) is 23.3 Å². The fourth-order valence-corrected chi connectivity index (χ4v) is 5.55. The van der Waals surface area contributed by atoms with Crippen LogP contribution in [0.4, 0.5) is 10.5 Å². The van der Waals surface area contributed by atoms with Gasteiger partial charge in [0.15, 0.2) is 5.54 Å². The fourth-order valence-electron chi connectivity index (χ4n) is 5.55. The number of aromatic nitrogens is 2. The van der Waals surface area contributed by atoms with Gasteiger partial charge in [-0.15, -0.1) is 0 Å². The van der Waals surface area contributed by atoms with Crippen LogP contribution in [0.25, 0.3) is 10.9 Å². The van der Waals surface area contributed by atoms with Crippen molar-refractivity contribution >= 4 is 28.5 Å². The summed E-state index contributed by atoms with van der Waals surface area (Å²) in [5, 5.41) is 4.50. The molecule has 8 nitrogen and oxygen atoms in total. The minimum atomic E-state index is -1.08. The normalized spacial score (nSPS) is 19.1. The molecule has 1 unspecified atom stereocenters. The van der Waals surface area contributed by atoms with Crippen molar-refractivity contribution in [1.29, 1.82) is 0 Å². The molecule has 1 spiro atoms. The molecule has 6 rings (SSSR count). The van der Waals surface area contributed by atoms with E-state index in [2.05, 4.69) is 21.4 Å². The summed E-state index contributed by atoms with van der Waals surface area (Å²) in [6.45, 7) is 1.18. The second-order valence-electron chi connectivity index (χ2n) is 9.24. The van der Waals surface area contributed by atoms with Crippen LogP contribution in [0.5, 0.6) is 5.75 Å². The third-order valence-corrected chi connectivity index (χ3v) is 7.34. The van der Waals surface area contributed by atoms with Crippen LogP contribution in [-0.4, -0.2) is 51.9 Å². The van der Waals surface area contributed by atoms with Crippen LogP contribution in [0.1, 0.15) is 23.1 Å². The Labute approximate surface area is 208 Å². The quantitative estimate of drug-likeness (QED) is 0.401. The number of anilines is 1. The van der Waals surface area contributed by atoms with Crippen molar-refractivity contribution in [2.75, 3.05) is 25.5 Å². The number of rotatable bonds is 6. The zero-order valence-electron chi connectivity index (χ0n) is 20.0. The first kappa shape index (κ1) is 22.2. The molecule has 1 atom stereocenters. The van der Waals surface area contributed by atoms with E-state index in [0.717, 1.165) is 33.3 Å². The maximum absolute atomic E-state index is 14.2. The molecule has 2 aliphatic heterocycles. The summed E-state index contributed by atoms with van der Waals surface area (Å²) in [6, 6.07) is 17.2. The van der Waals surface area contributed by atoms with Crippen LogP contribution in [0.3, 0.4) is 0 Å². The highest BCUT2D eigenvalue weighted by Crippen LogP contribution is 2.47. The van der Waals surface area contributed by atoms with Crippen LogP contribution in [0.15, 0.2) is 73.2 Å². The number of nitrogens with one attached hydrogen (secondary N) is 2. The SMILES string of the molecule is COc1ccc2c(c1)NCCC21C(=O)N(CCc2c[nH]c3ccccc23)C(=O)N1Cc1cccnc1. The fraction of sp³-hybridized carbons (Fsp3) is 0.250. The molecule has 1 saturated heterocycles. The van der Waals surface area contributed by atoms with Gasteiger partial charge in [-0.1, -0.05) is 30.3 Å². The van der Waals surface area contributed by atoms with Gasteiger partial charge in [-0.2, -0.15) is 0 Å². The summed E-state index contributed by atoms with van der Waals surface area (Å²) in [5.41, 5.74) is 3.54. The number of amides is 3. The molecule has 0 saturated carbocycles. The second-order valence-corrected chi connectivity index (χ2v) is 9.24. The number of para-hydroxylation sites is 1. The van der Waals surface area contributed by atoms with Crippen LogP contribution in [0.2, 0.25) is 0 Å². The third-order valence-electron chi connectivity index (χ3n) is 7.34. The average Bonchev–Trinajstić information content (AvgIpc) is 3.41. The van der Waals surface area contributed by atoms with Crippen molar-refractivity contribution in [2.45, 2.75) is 24.9 Å². The molecule has 4 aromatic rings. The minimum Gasteiger partial charge on any atom is -0.497 e. The maximum Gasteiger partial charge on any atom is 0.328 e. The Kier molecular flexibility index (Phi) is 5.36. The summed E-state index contributed by atoms with van der Waals surface area (Å²) in [5.74, 6) is 0.522. The van der Waals surface area contributed by atoms with Gasteiger partial charge in [-0.05, 0) is 35.7 Å². The Bertz CT molecular complexity index is 1450. The van der Waals surface area contributed by atoms with Gasteiger partial charge in [-0.3, -0.25) is 14.7 Å². The zero-order valence-corrected chi connectivity index (χ0v) is 20.0. The number of urea groups is 1.